The monoisotopic (exact) mass is 468 g/mol. The Kier molecular flexibility index (Phi) is 9.73. The first kappa shape index (κ1) is 25.4. The zero-order valence-corrected chi connectivity index (χ0v) is 19.0. The summed E-state index contributed by atoms with van der Waals surface area (Å²) in [5, 5.41) is 0. The lowest BCUT2D eigenvalue weighted by molar-refractivity contribution is 0.217. The molecule has 0 saturated carbocycles. The molecule has 0 fully saturated rings. The highest BCUT2D eigenvalue weighted by Gasteiger charge is 2.09. The Bertz CT molecular complexity index is 994. The number of nitrogens with zero attached hydrogens (tertiary/aromatic N) is 1. The van der Waals surface area contributed by atoms with Gasteiger partial charge < -0.3 is 19.9 Å². The van der Waals surface area contributed by atoms with Crippen molar-refractivity contribution < 1.29 is 31.6 Å². The van der Waals surface area contributed by atoms with Crippen LogP contribution in [0, 0.1) is 5.82 Å². The van der Waals surface area contributed by atoms with Gasteiger partial charge in [-0.15, -0.1) is 0 Å². The molecule has 0 aliphatic heterocycles. The number of amidine groups is 1. The molecule has 176 valence electrons. The first-order valence-corrected chi connectivity index (χ1v) is 11.8. The quantitative estimate of drug-likeness (QED) is 0.199. The van der Waals surface area contributed by atoms with Crippen molar-refractivity contribution in [1.82, 2.24) is 0 Å². The molecule has 0 amide bonds. The molecule has 0 saturated heterocycles. The molecule has 2 rings (SSSR count). The first-order chi connectivity index (χ1) is 15.1. The van der Waals surface area contributed by atoms with Crippen LogP contribution in [0.1, 0.15) is 38.7 Å². The molecule has 10 heteroatoms. The molecule has 0 atom stereocenters. The maximum Gasteiger partial charge on any atom is 0.285 e. The van der Waals surface area contributed by atoms with Crippen molar-refractivity contribution in [3.8, 4) is 17.2 Å². The van der Waals surface area contributed by atoms with Crippen LogP contribution in [-0.4, -0.2) is 44.0 Å². The second-order valence-electron chi connectivity index (χ2n) is 7.29. The Balaban J connectivity index is 1.69. The Morgan fingerprint density at radius 1 is 1.03 bits per heavy atom. The summed E-state index contributed by atoms with van der Waals surface area (Å²) in [5.41, 5.74) is 6.22. The summed E-state index contributed by atoms with van der Waals surface area (Å²) in [7, 11) is -4.21. The number of rotatable bonds is 13. The van der Waals surface area contributed by atoms with Crippen molar-refractivity contribution in [3.05, 3.63) is 53.8 Å². The van der Waals surface area contributed by atoms with E-state index in [0.717, 1.165) is 19.3 Å². The third kappa shape index (κ3) is 9.52. The van der Waals surface area contributed by atoms with Crippen LogP contribution in [0.25, 0.3) is 0 Å². The van der Waals surface area contributed by atoms with Crippen LogP contribution in [0.3, 0.4) is 0 Å². The van der Waals surface area contributed by atoms with Gasteiger partial charge >= 0.3 is 0 Å². The fourth-order valence-electron chi connectivity index (χ4n) is 2.66. The molecule has 2 aromatic rings. The fourth-order valence-corrected chi connectivity index (χ4v) is 2.97. The molecule has 0 aliphatic rings. The van der Waals surface area contributed by atoms with Crippen LogP contribution in [0.4, 0.5) is 4.39 Å². The van der Waals surface area contributed by atoms with Crippen molar-refractivity contribution in [2.24, 2.45) is 10.7 Å². The summed E-state index contributed by atoms with van der Waals surface area (Å²) in [5.74, 6) is 0.414. The predicted molar refractivity (Wildman–Crippen MR) is 121 cm³/mol. The number of nitrogens with two attached hydrogens (primary N) is 1. The van der Waals surface area contributed by atoms with Crippen LogP contribution in [0.5, 0.6) is 17.2 Å². The average Bonchev–Trinajstić information content (AvgIpc) is 2.72. The first-order valence-electron chi connectivity index (χ1n) is 10.2. The molecule has 0 aromatic heterocycles. The van der Waals surface area contributed by atoms with Gasteiger partial charge in [0.15, 0.2) is 17.4 Å². The summed E-state index contributed by atoms with van der Waals surface area (Å²) in [4.78, 5) is 3.62. The minimum absolute atomic E-state index is 0.00873. The minimum atomic E-state index is -4.21. The Labute approximate surface area is 188 Å². The lowest BCUT2D eigenvalue weighted by Crippen LogP contribution is -2.16. The van der Waals surface area contributed by atoms with Gasteiger partial charge in [0.25, 0.3) is 10.1 Å². The molecule has 0 aliphatic carbocycles. The predicted octanol–water partition coefficient (Wildman–Crippen LogP) is 3.79. The van der Waals surface area contributed by atoms with Gasteiger partial charge in [0.05, 0.1) is 19.3 Å². The van der Waals surface area contributed by atoms with Crippen molar-refractivity contribution in [3.63, 3.8) is 0 Å². The zero-order valence-electron chi connectivity index (χ0n) is 18.2. The third-order valence-corrected chi connectivity index (χ3v) is 4.59. The van der Waals surface area contributed by atoms with E-state index in [1.165, 1.54) is 12.1 Å². The van der Waals surface area contributed by atoms with Crippen LogP contribution in [-0.2, 0) is 10.1 Å². The molecule has 3 N–H and O–H groups in total. The van der Waals surface area contributed by atoms with Gasteiger partial charge in [-0.3, -0.25) is 4.55 Å². The molecular weight excluding hydrogens is 439 g/mol. The topological polar surface area (TPSA) is 120 Å². The number of unbranched alkanes of at least 4 members (excludes halogenated alkanes) is 2. The van der Waals surface area contributed by atoms with Crippen LogP contribution in [0.15, 0.2) is 47.5 Å². The standard InChI is InChI=1S/C22H29FN2O6S/c1-16(2)31-20-11-8-18(23)14-21(20)30-13-5-3-4-12-29-19-9-6-17(7-10-19)22(24)25-15-32(26,27)28/h6-11,14,16H,3-5,12-13,15H2,1-2H3,(H2,24,25)(H,26,27,28). The molecule has 0 heterocycles. The molecule has 0 spiro atoms. The van der Waals surface area contributed by atoms with Crippen LogP contribution in [0.2, 0.25) is 0 Å². The Hall–Kier alpha value is -2.85. The third-order valence-electron chi connectivity index (χ3n) is 4.13. The van der Waals surface area contributed by atoms with E-state index in [-0.39, 0.29) is 17.8 Å². The van der Waals surface area contributed by atoms with E-state index in [9.17, 15) is 12.8 Å². The van der Waals surface area contributed by atoms with Gasteiger partial charge in [-0.1, -0.05) is 0 Å². The highest BCUT2D eigenvalue weighted by Crippen LogP contribution is 2.29. The number of benzene rings is 2. The normalized spacial score (nSPS) is 12.1. The van der Waals surface area contributed by atoms with Gasteiger partial charge in [-0.05, 0) is 69.5 Å². The van der Waals surface area contributed by atoms with E-state index in [0.29, 0.717) is 36.0 Å². The summed E-state index contributed by atoms with van der Waals surface area (Å²) in [6, 6.07) is 10.9. The van der Waals surface area contributed by atoms with Gasteiger partial charge in [0.2, 0.25) is 0 Å². The van der Waals surface area contributed by atoms with E-state index < -0.39 is 16.0 Å². The van der Waals surface area contributed by atoms with Crippen molar-refractivity contribution in [2.75, 3.05) is 19.1 Å². The number of hydrogen-bond acceptors (Lipinski definition) is 6. The van der Waals surface area contributed by atoms with Gasteiger partial charge in [-0.2, -0.15) is 8.42 Å². The maximum absolute atomic E-state index is 13.5. The van der Waals surface area contributed by atoms with E-state index in [1.807, 2.05) is 13.8 Å². The molecule has 2 aromatic carbocycles. The van der Waals surface area contributed by atoms with Crippen molar-refractivity contribution in [1.29, 1.82) is 0 Å². The highest BCUT2D eigenvalue weighted by molar-refractivity contribution is 7.85. The second kappa shape index (κ2) is 12.3. The van der Waals surface area contributed by atoms with Crippen molar-refractivity contribution >= 4 is 16.0 Å². The minimum Gasteiger partial charge on any atom is -0.494 e. The molecule has 8 nitrogen and oxygen atoms in total. The fraction of sp³-hybridized carbons (Fsp3) is 0.409. The molecule has 0 radical (unpaired) electrons. The maximum atomic E-state index is 13.5. The van der Waals surface area contributed by atoms with E-state index in [4.69, 9.17) is 24.5 Å². The Morgan fingerprint density at radius 2 is 1.69 bits per heavy atom. The van der Waals surface area contributed by atoms with Crippen molar-refractivity contribution in [2.45, 2.75) is 39.2 Å². The van der Waals surface area contributed by atoms with Gasteiger partial charge in [-0.25, -0.2) is 9.38 Å². The zero-order chi connectivity index (χ0) is 23.6. The number of halogens is 1. The van der Waals surface area contributed by atoms with E-state index in [2.05, 4.69) is 4.99 Å². The molecule has 0 unspecified atom stereocenters. The Morgan fingerprint density at radius 3 is 2.31 bits per heavy atom. The smallest absolute Gasteiger partial charge is 0.285 e. The number of hydrogen-bond donors (Lipinski definition) is 2. The molecule has 32 heavy (non-hydrogen) atoms. The average molecular weight is 469 g/mol. The second-order valence-corrected chi connectivity index (χ2v) is 8.72. The van der Waals surface area contributed by atoms with E-state index in [1.54, 1.807) is 30.3 Å². The SMILES string of the molecule is CC(C)Oc1ccc(F)cc1OCCCCCOc1ccc(C(N)=NCS(=O)(=O)O)cc1. The lowest BCUT2D eigenvalue weighted by atomic mass is 10.2. The highest BCUT2D eigenvalue weighted by atomic mass is 32.2. The van der Waals surface area contributed by atoms with E-state index >= 15 is 0 Å². The lowest BCUT2D eigenvalue weighted by Gasteiger charge is -2.15. The van der Waals surface area contributed by atoms with Crippen LogP contribution < -0.4 is 19.9 Å². The van der Waals surface area contributed by atoms with Gasteiger partial charge in [0, 0.05) is 11.6 Å². The largest absolute Gasteiger partial charge is 0.494 e. The van der Waals surface area contributed by atoms with Gasteiger partial charge in [0.1, 0.15) is 17.4 Å². The summed E-state index contributed by atoms with van der Waals surface area (Å²) in [6.07, 6.45) is 2.42. The molecule has 0 bridgehead atoms. The summed E-state index contributed by atoms with van der Waals surface area (Å²) in [6.45, 7) is 4.74. The summed E-state index contributed by atoms with van der Waals surface area (Å²) >= 11 is 0. The number of aliphatic imine (C=N–C) groups is 1. The molecular formula is C22H29FN2O6S. The summed E-state index contributed by atoms with van der Waals surface area (Å²) < 4.78 is 60.6. The van der Waals surface area contributed by atoms with Crippen LogP contribution >= 0.6 is 0 Å². The number of ether oxygens (including phenoxy) is 3.